The molecule has 8 rings (SSSR count). The fourth-order valence-electron chi connectivity index (χ4n) is 10.5. The fourth-order valence-corrected chi connectivity index (χ4v) is 12.0. The third-order valence-corrected chi connectivity index (χ3v) is 16.2. The lowest BCUT2D eigenvalue weighted by molar-refractivity contribution is -0.100. The minimum Gasteiger partial charge on any atom is -0.490 e. The van der Waals surface area contributed by atoms with Gasteiger partial charge in [0.05, 0.1) is 17.5 Å². The summed E-state index contributed by atoms with van der Waals surface area (Å²) in [5.41, 5.74) is 2.97. The molecule has 2 bridgehead atoms. The Bertz CT molecular complexity index is 1840. The summed E-state index contributed by atoms with van der Waals surface area (Å²) in [5, 5.41) is -0.0127. The first-order chi connectivity index (χ1) is 25.5. The number of methoxy groups -OCH3 is 1. The number of aryl methyl sites for hydroxylation is 1. The highest BCUT2D eigenvalue weighted by Gasteiger charge is 2.50. The number of ether oxygens (including phenoxy) is 2. The molecule has 3 fully saturated rings. The Hall–Kier alpha value is -2.63. The molecule has 1 amide bonds. The van der Waals surface area contributed by atoms with Gasteiger partial charge in [-0.15, -0.1) is 0 Å². The Kier molecular flexibility index (Phi) is 10.4. The zero-order valence-corrected chi connectivity index (χ0v) is 33.3. The lowest BCUT2D eigenvalue weighted by Crippen LogP contribution is -2.61. The molecule has 1 saturated carbocycles. The molecule has 1 spiro atoms. The van der Waals surface area contributed by atoms with Crippen molar-refractivity contribution in [1.82, 2.24) is 14.5 Å². The quantitative estimate of drug-likeness (QED) is 0.358. The lowest BCUT2D eigenvalue weighted by Gasteiger charge is -2.53. The highest BCUT2D eigenvalue weighted by molar-refractivity contribution is 7.90. The van der Waals surface area contributed by atoms with Crippen LogP contribution in [0, 0.1) is 17.8 Å². The second-order valence-electron chi connectivity index (χ2n) is 17.1. The first kappa shape index (κ1) is 37.3. The number of amides is 1. The number of sulfonamides is 1. The van der Waals surface area contributed by atoms with Crippen LogP contribution < -0.4 is 14.4 Å². The second kappa shape index (κ2) is 14.8. The summed E-state index contributed by atoms with van der Waals surface area (Å²) in [6.07, 6.45) is 14.1. The van der Waals surface area contributed by atoms with E-state index in [1.807, 2.05) is 32.2 Å². The largest absolute Gasteiger partial charge is 0.490 e. The third-order valence-electron chi connectivity index (χ3n) is 14.0. The van der Waals surface area contributed by atoms with Crippen molar-refractivity contribution in [1.29, 1.82) is 0 Å². The highest BCUT2D eigenvalue weighted by atomic mass is 35.5. The Morgan fingerprint density at radius 1 is 1.02 bits per heavy atom. The van der Waals surface area contributed by atoms with Crippen LogP contribution in [-0.2, 0) is 26.6 Å². The molecule has 2 aliphatic carbocycles. The topological polar surface area (TPSA) is 91.4 Å². The first-order valence-corrected chi connectivity index (χ1v) is 22.0. The minimum absolute atomic E-state index is 0.206. The van der Waals surface area contributed by atoms with Crippen LogP contribution in [0.2, 0.25) is 5.02 Å². The number of carbonyl (C=O) groups excluding carboxylic acids is 1. The Labute approximate surface area is 321 Å². The molecule has 0 unspecified atom stereocenters. The smallest absolute Gasteiger partial charge is 0.264 e. The molecule has 288 valence electrons. The van der Waals surface area contributed by atoms with Gasteiger partial charge >= 0.3 is 0 Å². The number of hydrogen-bond acceptors (Lipinski definition) is 8. The molecule has 1 N–H and O–H groups in total. The van der Waals surface area contributed by atoms with Gasteiger partial charge < -0.3 is 14.4 Å². The lowest BCUT2D eigenvalue weighted by atomic mass is 9.63. The maximum atomic E-state index is 13.7. The van der Waals surface area contributed by atoms with Gasteiger partial charge in [-0.3, -0.25) is 14.6 Å². The van der Waals surface area contributed by atoms with Crippen LogP contribution >= 0.6 is 11.6 Å². The molecule has 2 aromatic rings. The van der Waals surface area contributed by atoms with Crippen molar-refractivity contribution in [3.63, 3.8) is 0 Å². The molecule has 0 aromatic heterocycles. The van der Waals surface area contributed by atoms with Gasteiger partial charge in [0.2, 0.25) is 10.0 Å². The average molecular weight is 765 g/mol. The first-order valence-electron chi connectivity index (χ1n) is 20.1. The molecule has 53 heavy (non-hydrogen) atoms. The van der Waals surface area contributed by atoms with Crippen LogP contribution in [-0.4, -0.2) is 101 Å². The minimum atomic E-state index is -3.95. The van der Waals surface area contributed by atoms with E-state index in [9.17, 15) is 13.2 Å². The molecule has 2 aromatic carbocycles. The Morgan fingerprint density at radius 3 is 2.70 bits per heavy atom. The van der Waals surface area contributed by atoms with E-state index in [2.05, 4.69) is 43.7 Å². The molecule has 9 nitrogen and oxygen atoms in total. The molecular weight excluding hydrogens is 708 g/mol. The highest BCUT2D eigenvalue weighted by Crippen LogP contribution is 2.49. The average Bonchev–Trinajstić information content (AvgIpc) is 3.28. The molecule has 0 radical (unpaired) electrons. The van der Waals surface area contributed by atoms with Crippen molar-refractivity contribution in [2.75, 3.05) is 64.4 Å². The van der Waals surface area contributed by atoms with E-state index in [1.165, 1.54) is 36.9 Å². The monoisotopic (exact) mass is 764 g/mol. The maximum Gasteiger partial charge on any atom is 0.264 e. The van der Waals surface area contributed by atoms with Gasteiger partial charge in [-0.1, -0.05) is 43.2 Å². The van der Waals surface area contributed by atoms with Crippen LogP contribution in [0.25, 0.3) is 0 Å². The number of nitrogens with one attached hydrogen (secondary N) is 1. The van der Waals surface area contributed by atoms with Crippen molar-refractivity contribution < 1.29 is 22.7 Å². The summed E-state index contributed by atoms with van der Waals surface area (Å²) in [4.78, 5) is 21.4. The third kappa shape index (κ3) is 7.16. The molecular formula is C42H57ClN4O5S. The zero-order valence-electron chi connectivity index (χ0n) is 31.7. The molecule has 4 heterocycles. The van der Waals surface area contributed by atoms with E-state index in [-0.39, 0.29) is 17.3 Å². The number of benzene rings is 2. The zero-order chi connectivity index (χ0) is 37.0. The van der Waals surface area contributed by atoms with E-state index in [0.29, 0.717) is 30.6 Å². The molecule has 7 atom stereocenters. The summed E-state index contributed by atoms with van der Waals surface area (Å²) in [7, 11) is -2.07. The van der Waals surface area contributed by atoms with E-state index in [1.54, 1.807) is 13.0 Å². The van der Waals surface area contributed by atoms with Gasteiger partial charge in [0, 0.05) is 68.4 Å². The normalized spacial score (nSPS) is 35.4. The SMILES string of the molecule is CO[C@]1(CN2CCN3CCCC[C@H]3C2)/C=C\C[C@H](C)[C@@H](C)S(=O)(=O)NC(=O)c2ccc3c(c2)N(C[C@@H]2CC[C@H]21)C[C@@]1(CCCc2cc(Cl)ccc21)CO3. The van der Waals surface area contributed by atoms with Gasteiger partial charge in [0.25, 0.3) is 5.91 Å². The van der Waals surface area contributed by atoms with Gasteiger partial charge in [-0.05, 0) is 124 Å². The molecule has 11 heteroatoms. The summed E-state index contributed by atoms with van der Waals surface area (Å²) < 4.78 is 43.2. The number of piperidine rings is 1. The number of allylic oxidation sites excluding steroid dienone is 1. The number of halogens is 1. The molecule has 2 saturated heterocycles. The summed E-state index contributed by atoms with van der Waals surface area (Å²) in [6.45, 7) is 10.9. The van der Waals surface area contributed by atoms with Crippen molar-refractivity contribution in [3.05, 3.63) is 70.3 Å². The predicted octanol–water partition coefficient (Wildman–Crippen LogP) is 6.44. The van der Waals surface area contributed by atoms with Crippen molar-refractivity contribution in [3.8, 4) is 5.75 Å². The summed E-state index contributed by atoms with van der Waals surface area (Å²) >= 11 is 6.51. The van der Waals surface area contributed by atoms with E-state index >= 15 is 0 Å². The number of piperazine rings is 1. The van der Waals surface area contributed by atoms with Crippen molar-refractivity contribution >= 4 is 33.2 Å². The van der Waals surface area contributed by atoms with Crippen LogP contribution in [0.4, 0.5) is 5.69 Å². The second-order valence-corrected chi connectivity index (χ2v) is 19.6. The maximum absolute atomic E-state index is 13.7. The number of rotatable bonds is 3. The van der Waals surface area contributed by atoms with Gasteiger partial charge in [-0.25, -0.2) is 13.1 Å². The van der Waals surface area contributed by atoms with E-state index < -0.39 is 26.8 Å². The van der Waals surface area contributed by atoms with Crippen LogP contribution in [0.5, 0.6) is 5.75 Å². The van der Waals surface area contributed by atoms with E-state index in [4.69, 9.17) is 21.1 Å². The number of nitrogens with zero attached hydrogens (tertiary/aromatic N) is 3. The standard InChI is InChI=1S/C42H57ClN4O5S/c1-29-8-6-18-42(51-3,27-45-20-21-46-19-5-4-10-35(46)25-45)37-14-11-33(37)24-47-26-41(17-7-9-31-22-34(43)13-15-36(31)41)28-52-39-16-12-32(23-38(39)47)40(48)44-53(49,50)30(29)2/h6,12-13,15-16,18,22-23,29-30,33,35,37H,4-5,7-11,14,17,19-21,24-28H2,1-3H3,(H,44,48)/b18-6-/t29-,30+,33-,35-,37+,41-,42-/m0/s1. The predicted molar refractivity (Wildman–Crippen MR) is 211 cm³/mol. The number of fused-ring (bicyclic) bond motifs is 5. The van der Waals surface area contributed by atoms with Crippen molar-refractivity contribution in [2.45, 2.75) is 93.9 Å². The molecule has 6 aliphatic rings. The number of hydrogen-bond donors (Lipinski definition) is 1. The fraction of sp³-hybridized carbons (Fsp3) is 0.643. The summed E-state index contributed by atoms with van der Waals surface area (Å²) in [5.74, 6) is 0.551. The number of anilines is 1. The summed E-state index contributed by atoms with van der Waals surface area (Å²) in [6, 6.07) is 12.3. The van der Waals surface area contributed by atoms with Crippen LogP contribution in [0.15, 0.2) is 48.6 Å². The number of carbonyl (C=O) groups is 1. The van der Waals surface area contributed by atoms with Gasteiger partial charge in [-0.2, -0.15) is 0 Å². The van der Waals surface area contributed by atoms with Gasteiger partial charge in [0.15, 0.2) is 0 Å². The van der Waals surface area contributed by atoms with Crippen LogP contribution in [0.3, 0.4) is 0 Å². The van der Waals surface area contributed by atoms with Gasteiger partial charge in [0.1, 0.15) is 11.4 Å². The Balaban J connectivity index is 1.19. The molecule has 4 aliphatic heterocycles. The van der Waals surface area contributed by atoms with Crippen molar-refractivity contribution in [2.24, 2.45) is 17.8 Å². The van der Waals surface area contributed by atoms with Crippen LogP contribution in [0.1, 0.15) is 86.7 Å². The van der Waals surface area contributed by atoms with E-state index in [0.717, 1.165) is 87.8 Å². The Morgan fingerprint density at radius 2 is 1.89 bits per heavy atom.